The minimum absolute atomic E-state index is 0.127. The average Bonchev–Trinajstić information content (AvgIpc) is 3.55. The predicted octanol–water partition coefficient (Wildman–Crippen LogP) is 3.00. The zero-order valence-corrected chi connectivity index (χ0v) is 17.0. The maximum Gasteiger partial charge on any atom is 0.343 e. The van der Waals surface area contributed by atoms with Gasteiger partial charge in [-0.1, -0.05) is 43.2 Å². The van der Waals surface area contributed by atoms with Gasteiger partial charge in [0.25, 0.3) is 0 Å². The molecule has 160 valence electrons. The number of esters is 1. The van der Waals surface area contributed by atoms with Crippen molar-refractivity contribution in [3.05, 3.63) is 60.1 Å². The van der Waals surface area contributed by atoms with Crippen molar-refractivity contribution < 1.29 is 19.1 Å². The average molecular weight is 412 g/mol. The second kappa shape index (κ2) is 8.92. The molecule has 1 aliphatic heterocycles. The highest BCUT2D eigenvalue weighted by molar-refractivity contribution is 5.82. The summed E-state index contributed by atoms with van der Waals surface area (Å²) in [6, 6.07) is 12.8. The Morgan fingerprint density at radius 2 is 1.97 bits per heavy atom. The SMILES string of the molecule is N=C(NCc1ccco1)N1CC[C@@H](OC(=O)[C@](O)(c2ccccc2)C2CCCC2)C1. The van der Waals surface area contributed by atoms with Gasteiger partial charge >= 0.3 is 5.97 Å². The topological polar surface area (TPSA) is 98.8 Å². The number of aliphatic hydroxyl groups is 1. The number of carbonyl (C=O) groups excluding carboxylic acids is 1. The van der Waals surface area contributed by atoms with Crippen molar-refractivity contribution >= 4 is 11.9 Å². The van der Waals surface area contributed by atoms with Crippen LogP contribution in [0.2, 0.25) is 0 Å². The van der Waals surface area contributed by atoms with Crippen LogP contribution in [0, 0.1) is 11.3 Å². The Labute approximate surface area is 176 Å². The van der Waals surface area contributed by atoms with Crippen molar-refractivity contribution in [3.63, 3.8) is 0 Å². The summed E-state index contributed by atoms with van der Waals surface area (Å²) >= 11 is 0. The Bertz CT molecular complexity index is 849. The summed E-state index contributed by atoms with van der Waals surface area (Å²) in [5.41, 5.74) is -1.01. The fourth-order valence-electron chi connectivity index (χ4n) is 4.52. The molecule has 1 aliphatic carbocycles. The minimum atomic E-state index is -1.61. The number of hydrogen-bond acceptors (Lipinski definition) is 5. The van der Waals surface area contributed by atoms with Gasteiger partial charge in [0, 0.05) is 18.9 Å². The van der Waals surface area contributed by atoms with Crippen LogP contribution < -0.4 is 5.32 Å². The van der Waals surface area contributed by atoms with Crippen LogP contribution in [0.15, 0.2) is 53.1 Å². The first kappa shape index (κ1) is 20.5. The Kier molecular flexibility index (Phi) is 6.08. The lowest BCUT2D eigenvalue weighted by Gasteiger charge is -2.33. The Morgan fingerprint density at radius 1 is 1.20 bits per heavy atom. The molecule has 0 radical (unpaired) electrons. The lowest BCUT2D eigenvalue weighted by Crippen LogP contribution is -2.45. The van der Waals surface area contributed by atoms with Crippen molar-refractivity contribution in [2.45, 2.75) is 50.4 Å². The summed E-state index contributed by atoms with van der Waals surface area (Å²) in [4.78, 5) is 15.0. The third kappa shape index (κ3) is 4.21. The van der Waals surface area contributed by atoms with Crippen LogP contribution in [-0.4, -0.2) is 41.1 Å². The Balaban J connectivity index is 1.38. The highest BCUT2D eigenvalue weighted by Gasteiger charge is 2.48. The van der Waals surface area contributed by atoms with Crippen molar-refractivity contribution in [2.75, 3.05) is 13.1 Å². The van der Waals surface area contributed by atoms with Crippen LogP contribution in [0.25, 0.3) is 0 Å². The summed E-state index contributed by atoms with van der Waals surface area (Å²) in [5.74, 6) is 0.339. The van der Waals surface area contributed by atoms with E-state index in [-0.39, 0.29) is 18.0 Å². The Hall–Kier alpha value is -2.80. The van der Waals surface area contributed by atoms with Gasteiger partial charge in [0.15, 0.2) is 11.6 Å². The van der Waals surface area contributed by atoms with E-state index < -0.39 is 11.6 Å². The zero-order valence-electron chi connectivity index (χ0n) is 17.0. The third-order valence-electron chi connectivity index (χ3n) is 6.22. The van der Waals surface area contributed by atoms with Crippen molar-refractivity contribution in [3.8, 4) is 0 Å². The van der Waals surface area contributed by atoms with Crippen LogP contribution in [0.3, 0.4) is 0 Å². The number of nitrogens with one attached hydrogen (secondary N) is 2. The molecule has 1 saturated heterocycles. The van der Waals surface area contributed by atoms with E-state index in [0.29, 0.717) is 31.6 Å². The van der Waals surface area contributed by atoms with Crippen LogP contribution in [0.1, 0.15) is 43.4 Å². The maximum absolute atomic E-state index is 13.2. The van der Waals surface area contributed by atoms with E-state index in [1.54, 1.807) is 18.4 Å². The van der Waals surface area contributed by atoms with Gasteiger partial charge in [-0.3, -0.25) is 5.41 Å². The van der Waals surface area contributed by atoms with Crippen LogP contribution in [0.5, 0.6) is 0 Å². The van der Waals surface area contributed by atoms with Crippen LogP contribution in [0.4, 0.5) is 0 Å². The van der Waals surface area contributed by atoms with E-state index in [0.717, 1.165) is 31.4 Å². The van der Waals surface area contributed by atoms with E-state index in [4.69, 9.17) is 14.6 Å². The number of hydrogen-bond donors (Lipinski definition) is 3. The molecule has 1 saturated carbocycles. The molecular weight excluding hydrogens is 382 g/mol. The lowest BCUT2D eigenvalue weighted by atomic mass is 9.80. The van der Waals surface area contributed by atoms with Gasteiger partial charge in [0.05, 0.1) is 19.4 Å². The molecular formula is C23H29N3O4. The zero-order chi connectivity index (χ0) is 21.0. The number of furan rings is 1. The molecule has 7 nitrogen and oxygen atoms in total. The van der Waals surface area contributed by atoms with Gasteiger partial charge in [0.1, 0.15) is 11.9 Å². The summed E-state index contributed by atoms with van der Waals surface area (Å²) in [6.07, 6.45) is 5.55. The predicted molar refractivity (Wildman–Crippen MR) is 112 cm³/mol. The van der Waals surface area contributed by atoms with E-state index in [1.807, 2.05) is 35.2 Å². The fourth-order valence-corrected chi connectivity index (χ4v) is 4.52. The number of ether oxygens (including phenoxy) is 1. The standard InChI is InChI=1S/C23H29N3O4/c24-22(25-15-19-11-6-14-29-19)26-13-12-20(16-26)30-21(27)23(28,18-9-4-5-10-18)17-7-2-1-3-8-17/h1-3,6-8,11,14,18,20,28H,4-5,9-10,12-13,15-16H2,(H2,24,25)/t20-,23+/m1/s1. The lowest BCUT2D eigenvalue weighted by molar-refractivity contribution is -0.178. The molecule has 1 aromatic heterocycles. The second-order valence-electron chi connectivity index (χ2n) is 8.16. The highest BCUT2D eigenvalue weighted by atomic mass is 16.6. The van der Waals surface area contributed by atoms with Crippen LogP contribution >= 0.6 is 0 Å². The molecule has 4 rings (SSSR count). The monoisotopic (exact) mass is 411 g/mol. The van der Waals surface area contributed by atoms with Crippen molar-refractivity contribution in [1.82, 2.24) is 10.2 Å². The first-order valence-corrected chi connectivity index (χ1v) is 10.7. The molecule has 0 spiro atoms. The molecule has 2 fully saturated rings. The molecule has 0 bridgehead atoms. The van der Waals surface area contributed by atoms with Gasteiger partial charge in [0.2, 0.25) is 0 Å². The molecule has 1 aromatic carbocycles. The molecule has 30 heavy (non-hydrogen) atoms. The van der Waals surface area contributed by atoms with E-state index >= 15 is 0 Å². The highest BCUT2D eigenvalue weighted by Crippen LogP contribution is 2.41. The smallest absolute Gasteiger partial charge is 0.343 e. The van der Waals surface area contributed by atoms with Gasteiger partial charge in [-0.15, -0.1) is 0 Å². The molecule has 2 heterocycles. The fraction of sp³-hybridized carbons (Fsp3) is 0.478. The molecule has 7 heteroatoms. The molecule has 2 aromatic rings. The van der Waals surface area contributed by atoms with E-state index in [9.17, 15) is 9.90 Å². The largest absolute Gasteiger partial charge is 0.467 e. The first-order chi connectivity index (χ1) is 14.6. The first-order valence-electron chi connectivity index (χ1n) is 10.7. The van der Waals surface area contributed by atoms with Gasteiger partial charge in [-0.2, -0.15) is 0 Å². The van der Waals surface area contributed by atoms with Crippen molar-refractivity contribution in [1.29, 1.82) is 5.41 Å². The van der Waals surface area contributed by atoms with Gasteiger partial charge < -0.3 is 24.5 Å². The molecule has 2 atom stereocenters. The normalized spacial score (nSPS) is 21.4. The summed E-state index contributed by atoms with van der Waals surface area (Å²) in [6.45, 7) is 1.49. The third-order valence-corrected chi connectivity index (χ3v) is 6.22. The Morgan fingerprint density at radius 3 is 2.67 bits per heavy atom. The number of nitrogens with zero attached hydrogens (tertiary/aromatic N) is 1. The summed E-state index contributed by atoms with van der Waals surface area (Å²) in [7, 11) is 0. The second-order valence-corrected chi connectivity index (χ2v) is 8.16. The number of benzene rings is 1. The number of carbonyl (C=O) groups is 1. The summed E-state index contributed by atoms with van der Waals surface area (Å²) in [5, 5.41) is 22.8. The van der Waals surface area contributed by atoms with Gasteiger partial charge in [-0.05, 0) is 30.5 Å². The molecule has 0 amide bonds. The van der Waals surface area contributed by atoms with Gasteiger partial charge in [-0.25, -0.2) is 4.79 Å². The van der Waals surface area contributed by atoms with Crippen LogP contribution in [-0.2, 0) is 21.7 Å². The minimum Gasteiger partial charge on any atom is -0.467 e. The number of likely N-dealkylation sites (tertiary alicyclic amines) is 1. The number of rotatable bonds is 6. The molecule has 0 unspecified atom stereocenters. The van der Waals surface area contributed by atoms with Crippen molar-refractivity contribution in [2.24, 2.45) is 5.92 Å². The maximum atomic E-state index is 13.2. The van der Waals surface area contributed by atoms with E-state index in [2.05, 4.69) is 5.32 Å². The number of guanidine groups is 1. The van der Waals surface area contributed by atoms with E-state index in [1.165, 1.54) is 0 Å². The quantitative estimate of drug-likeness (QED) is 0.384. The summed E-state index contributed by atoms with van der Waals surface area (Å²) < 4.78 is 11.1. The molecule has 2 aliphatic rings. The molecule has 3 N–H and O–H groups in total.